The highest BCUT2D eigenvalue weighted by Gasteiger charge is 2.28. The standard InChI is InChI=1S/C16H25N3O5S/c1-17-7-9-18(10-8-17)16(20)12-19(25(4,21)22)14-6-5-13(23-2)11-15(14)24-3/h5-6,11H,7-10,12H2,1-4H3/p+1. The number of anilines is 1. The fourth-order valence-corrected chi connectivity index (χ4v) is 3.59. The monoisotopic (exact) mass is 372 g/mol. The second kappa shape index (κ2) is 7.92. The number of quaternary nitrogens is 1. The number of rotatable bonds is 6. The first-order chi connectivity index (χ1) is 11.8. The first-order valence-corrected chi connectivity index (χ1v) is 9.90. The van der Waals surface area contributed by atoms with E-state index in [-0.39, 0.29) is 12.5 Å². The van der Waals surface area contributed by atoms with Crippen molar-refractivity contribution < 1.29 is 27.6 Å². The van der Waals surface area contributed by atoms with Crippen LogP contribution in [0.4, 0.5) is 5.69 Å². The molecule has 1 aliphatic heterocycles. The zero-order valence-electron chi connectivity index (χ0n) is 15.1. The molecule has 0 aliphatic carbocycles. The van der Waals surface area contributed by atoms with E-state index in [1.165, 1.54) is 19.1 Å². The Kier molecular flexibility index (Phi) is 6.12. The van der Waals surface area contributed by atoms with Gasteiger partial charge in [0.25, 0.3) is 0 Å². The molecule has 1 aromatic rings. The topological polar surface area (TPSA) is 80.6 Å². The molecule has 0 saturated carbocycles. The maximum atomic E-state index is 12.6. The van der Waals surface area contributed by atoms with E-state index < -0.39 is 10.0 Å². The van der Waals surface area contributed by atoms with E-state index in [1.54, 1.807) is 23.1 Å². The van der Waals surface area contributed by atoms with Crippen molar-refractivity contribution in [3.05, 3.63) is 18.2 Å². The van der Waals surface area contributed by atoms with Crippen LogP contribution in [0.15, 0.2) is 18.2 Å². The third-order valence-corrected chi connectivity index (χ3v) is 5.43. The lowest BCUT2D eigenvalue weighted by Gasteiger charge is -2.32. The summed E-state index contributed by atoms with van der Waals surface area (Å²) in [5.41, 5.74) is 0.318. The Morgan fingerprint density at radius 2 is 1.88 bits per heavy atom. The minimum atomic E-state index is -3.65. The number of hydrogen-bond acceptors (Lipinski definition) is 5. The number of carbonyl (C=O) groups is 1. The molecule has 0 spiro atoms. The summed E-state index contributed by atoms with van der Waals surface area (Å²) >= 11 is 0. The molecule has 140 valence electrons. The highest BCUT2D eigenvalue weighted by molar-refractivity contribution is 7.92. The lowest BCUT2D eigenvalue weighted by atomic mass is 10.2. The van der Waals surface area contributed by atoms with Crippen LogP contribution in [0.2, 0.25) is 0 Å². The van der Waals surface area contributed by atoms with Crippen LogP contribution in [-0.4, -0.2) is 79.5 Å². The van der Waals surface area contributed by atoms with Gasteiger partial charge in [-0.2, -0.15) is 0 Å². The molecule has 0 aromatic heterocycles. The third kappa shape index (κ3) is 4.76. The Bertz CT molecular complexity index is 714. The van der Waals surface area contributed by atoms with Crippen molar-refractivity contribution >= 4 is 21.6 Å². The van der Waals surface area contributed by atoms with Crippen LogP contribution < -0.4 is 18.7 Å². The van der Waals surface area contributed by atoms with E-state index in [4.69, 9.17) is 9.47 Å². The molecule has 0 radical (unpaired) electrons. The Hall–Kier alpha value is -2.00. The zero-order valence-corrected chi connectivity index (χ0v) is 15.9. The number of hydrogen-bond donors (Lipinski definition) is 1. The lowest BCUT2D eigenvalue weighted by molar-refractivity contribution is -0.883. The van der Waals surface area contributed by atoms with Crippen LogP contribution in [0.3, 0.4) is 0 Å². The van der Waals surface area contributed by atoms with Crippen LogP contribution >= 0.6 is 0 Å². The van der Waals surface area contributed by atoms with Gasteiger partial charge in [-0.05, 0) is 12.1 Å². The molecule has 0 atom stereocenters. The zero-order chi connectivity index (χ0) is 18.6. The van der Waals surface area contributed by atoms with Gasteiger partial charge in [-0.25, -0.2) is 8.42 Å². The number of piperazine rings is 1. The molecule has 1 amide bonds. The molecular formula is C16H26N3O5S+. The molecule has 25 heavy (non-hydrogen) atoms. The molecule has 9 heteroatoms. The van der Waals surface area contributed by atoms with Crippen molar-refractivity contribution in [3.63, 3.8) is 0 Å². The predicted molar refractivity (Wildman–Crippen MR) is 94.9 cm³/mol. The van der Waals surface area contributed by atoms with Gasteiger partial charge in [0.05, 0.1) is 59.4 Å². The van der Waals surface area contributed by atoms with Crippen molar-refractivity contribution in [2.75, 3.05) is 64.6 Å². The highest BCUT2D eigenvalue weighted by atomic mass is 32.2. The number of nitrogens with zero attached hydrogens (tertiary/aromatic N) is 2. The van der Waals surface area contributed by atoms with E-state index in [0.29, 0.717) is 30.3 Å². The van der Waals surface area contributed by atoms with Crippen molar-refractivity contribution in [2.24, 2.45) is 0 Å². The lowest BCUT2D eigenvalue weighted by Crippen LogP contribution is -3.12. The van der Waals surface area contributed by atoms with Crippen molar-refractivity contribution in [3.8, 4) is 11.5 Å². The maximum Gasteiger partial charge on any atom is 0.243 e. The average molecular weight is 372 g/mol. The Morgan fingerprint density at radius 3 is 2.40 bits per heavy atom. The van der Waals surface area contributed by atoms with Crippen LogP contribution in [0.25, 0.3) is 0 Å². The van der Waals surface area contributed by atoms with Gasteiger partial charge < -0.3 is 19.3 Å². The minimum absolute atomic E-state index is 0.212. The number of methoxy groups -OCH3 is 2. The number of carbonyl (C=O) groups excluding carboxylic acids is 1. The quantitative estimate of drug-likeness (QED) is 0.680. The Morgan fingerprint density at radius 1 is 1.24 bits per heavy atom. The number of benzene rings is 1. The second-order valence-corrected chi connectivity index (χ2v) is 8.05. The van der Waals surface area contributed by atoms with E-state index in [0.717, 1.165) is 23.7 Å². The smallest absolute Gasteiger partial charge is 0.243 e. The summed E-state index contributed by atoms with van der Waals surface area (Å²) in [5.74, 6) is 0.665. The summed E-state index contributed by atoms with van der Waals surface area (Å²) in [6.07, 6.45) is 1.08. The number of sulfonamides is 1. The molecule has 1 heterocycles. The van der Waals surface area contributed by atoms with Crippen molar-refractivity contribution in [1.82, 2.24) is 4.90 Å². The molecule has 8 nitrogen and oxygen atoms in total. The van der Waals surface area contributed by atoms with Gasteiger partial charge in [0.2, 0.25) is 15.9 Å². The molecule has 1 aliphatic rings. The molecule has 1 N–H and O–H groups in total. The van der Waals surface area contributed by atoms with Gasteiger partial charge in [-0.3, -0.25) is 9.10 Å². The van der Waals surface area contributed by atoms with Gasteiger partial charge in [-0.1, -0.05) is 0 Å². The van der Waals surface area contributed by atoms with E-state index in [1.807, 2.05) is 0 Å². The van der Waals surface area contributed by atoms with E-state index in [9.17, 15) is 13.2 Å². The van der Waals surface area contributed by atoms with Crippen LogP contribution in [0, 0.1) is 0 Å². The van der Waals surface area contributed by atoms with Crippen molar-refractivity contribution in [2.45, 2.75) is 0 Å². The van der Waals surface area contributed by atoms with Crippen molar-refractivity contribution in [1.29, 1.82) is 0 Å². The number of nitrogens with one attached hydrogen (secondary N) is 1. The summed E-state index contributed by atoms with van der Waals surface area (Å²) in [4.78, 5) is 15.7. The fraction of sp³-hybridized carbons (Fsp3) is 0.562. The van der Waals surface area contributed by atoms with Gasteiger partial charge in [0, 0.05) is 6.07 Å². The van der Waals surface area contributed by atoms with Gasteiger partial charge in [0.15, 0.2) is 0 Å². The number of amides is 1. The Labute approximate surface area is 149 Å². The van der Waals surface area contributed by atoms with Gasteiger partial charge >= 0.3 is 0 Å². The summed E-state index contributed by atoms with van der Waals surface area (Å²) < 4.78 is 36.1. The van der Waals surface area contributed by atoms with E-state index >= 15 is 0 Å². The minimum Gasteiger partial charge on any atom is -0.497 e. The predicted octanol–water partition coefficient (Wildman–Crippen LogP) is -1.17. The molecule has 1 fully saturated rings. The van der Waals surface area contributed by atoms with Crippen LogP contribution in [0.5, 0.6) is 11.5 Å². The number of ether oxygens (including phenoxy) is 2. The summed E-state index contributed by atoms with van der Waals surface area (Å²) in [6.45, 7) is 2.72. The van der Waals surface area contributed by atoms with E-state index in [2.05, 4.69) is 7.05 Å². The molecule has 0 unspecified atom stereocenters. The third-order valence-electron chi connectivity index (χ3n) is 4.30. The summed E-state index contributed by atoms with van der Waals surface area (Å²) in [5, 5.41) is 0. The molecule has 1 saturated heterocycles. The normalized spacial score (nSPS) is 15.8. The summed E-state index contributed by atoms with van der Waals surface area (Å²) in [6, 6.07) is 4.82. The second-order valence-electron chi connectivity index (χ2n) is 6.15. The summed E-state index contributed by atoms with van der Waals surface area (Å²) in [7, 11) is 1.39. The maximum absolute atomic E-state index is 12.6. The highest BCUT2D eigenvalue weighted by Crippen LogP contribution is 2.33. The largest absolute Gasteiger partial charge is 0.497 e. The Balaban J connectivity index is 2.27. The average Bonchev–Trinajstić information content (AvgIpc) is 2.58. The van der Waals surface area contributed by atoms with Crippen LogP contribution in [-0.2, 0) is 14.8 Å². The van der Waals surface area contributed by atoms with Crippen LogP contribution in [0.1, 0.15) is 0 Å². The molecule has 1 aromatic carbocycles. The number of likely N-dealkylation sites (N-methyl/N-ethyl adjacent to an activating group) is 1. The van der Waals surface area contributed by atoms with Gasteiger partial charge in [-0.15, -0.1) is 0 Å². The fourth-order valence-electron chi connectivity index (χ4n) is 2.73. The first kappa shape index (κ1) is 19.3. The SMILES string of the molecule is COc1ccc(N(CC(=O)N2CC[NH+](C)CC2)S(C)(=O)=O)c(OC)c1. The van der Waals surface area contributed by atoms with Gasteiger partial charge in [0.1, 0.15) is 18.0 Å². The molecule has 2 rings (SSSR count). The first-order valence-electron chi connectivity index (χ1n) is 8.05. The molecular weight excluding hydrogens is 346 g/mol. The molecule has 0 bridgehead atoms.